The minimum Gasteiger partial charge on any atom is -0.396 e. The first-order chi connectivity index (χ1) is 7.04. The average Bonchev–Trinajstić information content (AvgIpc) is 2.20. The number of nitrogens with two attached hydrogens (primary N) is 1. The Balaban J connectivity index is 2.49. The Hall–Kier alpha value is -0.610. The Morgan fingerprint density at radius 3 is 2.80 bits per heavy atom. The lowest BCUT2D eigenvalue weighted by Gasteiger charge is -2.38. The van der Waals surface area contributed by atoms with Crippen molar-refractivity contribution in [3.05, 3.63) is 0 Å². The molecule has 1 fully saturated rings. The molecule has 0 spiro atoms. The molecule has 0 bridgehead atoms. The van der Waals surface area contributed by atoms with Crippen LogP contribution in [0.25, 0.3) is 0 Å². The van der Waals surface area contributed by atoms with Crippen LogP contribution in [0.4, 0.5) is 0 Å². The molecule has 1 aliphatic heterocycles. The van der Waals surface area contributed by atoms with Gasteiger partial charge in [-0.25, -0.2) is 0 Å². The predicted octanol–water partition coefficient (Wildman–Crippen LogP) is 0.201. The van der Waals surface area contributed by atoms with Crippen molar-refractivity contribution in [1.82, 2.24) is 4.90 Å². The molecule has 4 heteroatoms. The van der Waals surface area contributed by atoms with Gasteiger partial charge in [0.05, 0.1) is 5.92 Å². The van der Waals surface area contributed by atoms with Crippen LogP contribution in [0.5, 0.6) is 0 Å². The van der Waals surface area contributed by atoms with Crippen LogP contribution in [0.1, 0.15) is 26.7 Å². The Labute approximate surface area is 91.4 Å². The topological polar surface area (TPSA) is 66.6 Å². The van der Waals surface area contributed by atoms with Crippen molar-refractivity contribution >= 4 is 5.91 Å². The minimum atomic E-state index is -0.191. The summed E-state index contributed by atoms with van der Waals surface area (Å²) in [4.78, 5) is 13.4. The molecule has 3 unspecified atom stereocenters. The van der Waals surface area contributed by atoms with Gasteiger partial charge in [-0.05, 0) is 25.7 Å². The molecular formula is C11H22N2O2. The van der Waals surface area contributed by atoms with Gasteiger partial charge >= 0.3 is 0 Å². The molecule has 88 valence electrons. The lowest BCUT2D eigenvalue weighted by atomic mass is 9.92. The number of piperidine rings is 1. The molecule has 1 saturated heterocycles. The van der Waals surface area contributed by atoms with Crippen molar-refractivity contribution in [2.24, 2.45) is 17.6 Å². The predicted molar refractivity (Wildman–Crippen MR) is 59.2 cm³/mol. The summed E-state index contributed by atoms with van der Waals surface area (Å²) in [6.45, 7) is 5.98. The molecule has 3 N–H and O–H groups in total. The first kappa shape index (κ1) is 12.5. The van der Waals surface area contributed by atoms with Gasteiger partial charge in [0.2, 0.25) is 5.91 Å². The number of hydrogen-bond acceptors (Lipinski definition) is 3. The maximum atomic E-state index is 11.1. The van der Waals surface area contributed by atoms with Crippen LogP contribution in [-0.2, 0) is 4.79 Å². The van der Waals surface area contributed by atoms with Gasteiger partial charge in [0.1, 0.15) is 0 Å². The number of amides is 1. The van der Waals surface area contributed by atoms with Crippen molar-refractivity contribution in [2.45, 2.75) is 32.7 Å². The number of primary amides is 1. The summed E-state index contributed by atoms with van der Waals surface area (Å²) < 4.78 is 0. The fourth-order valence-corrected chi connectivity index (χ4v) is 2.12. The van der Waals surface area contributed by atoms with Crippen LogP contribution in [0.15, 0.2) is 0 Å². The molecule has 1 rings (SSSR count). The van der Waals surface area contributed by atoms with E-state index in [4.69, 9.17) is 10.8 Å². The van der Waals surface area contributed by atoms with E-state index in [0.29, 0.717) is 6.04 Å². The Bertz CT molecular complexity index is 221. The summed E-state index contributed by atoms with van der Waals surface area (Å²) in [7, 11) is 0. The van der Waals surface area contributed by atoms with Gasteiger partial charge in [0.25, 0.3) is 0 Å². The number of carbonyl (C=O) groups excluding carboxylic acids is 1. The zero-order valence-corrected chi connectivity index (χ0v) is 9.65. The molecule has 4 nitrogen and oxygen atoms in total. The molecule has 3 atom stereocenters. The van der Waals surface area contributed by atoms with Crippen LogP contribution in [-0.4, -0.2) is 41.7 Å². The molecule has 15 heavy (non-hydrogen) atoms. The van der Waals surface area contributed by atoms with Gasteiger partial charge in [-0.15, -0.1) is 0 Å². The number of aliphatic hydroxyl groups is 1. The molecule has 1 amide bonds. The third-order valence-electron chi connectivity index (χ3n) is 3.27. The Morgan fingerprint density at radius 1 is 1.60 bits per heavy atom. The number of rotatable bonds is 4. The van der Waals surface area contributed by atoms with Crippen molar-refractivity contribution < 1.29 is 9.90 Å². The van der Waals surface area contributed by atoms with E-state index in [1.807, 2.05) is 6.92 Å². The van der Waals surface area contributed by atoms with Crippen molar-refractivity contribution in [2.75, 3.05) is 19.7 Å². The standard InChI is InChI=1S/C11H22N2O2/c1-8(7-14)5-13-6-10(11(12)15)4-3-9(13)2/h8-10,14H,3-7H2,1-2H3,(H2,12,15). The Kier molecular flexibility index (Phi) is 4.54. The van der Waals surface area contributed by atoms with E-state index in [9.17, 15) is 4.79 Å². The number of nitrogens with zero attached hydrogens (tertiary/aromatic N) is 1. The first-order valence-corrected chi connectivity index (χ1v) is 5.68. The zero-order valence-electron chi connectivity index (χ0n) is 9.65. The highest BCUT2D eigenvalue weighted by Gasteiger charge is 2.28. The Morgan fingerprint density at radius 2 is 2.27 bits per heavy atom. The maximum Gasteiger partial charge on any atom is 0.221 e. The summed E-state index contributed by atoms with van der Waals surface area (Å²) in [5.74, 6) is 0.0646. The second-order valence-electron chi connectivity index (χ2n) is 4.77. The second kappa shape index (κ2) is 5.47. The molecule has 0 aliphatic carbocycles. The van der Waals surface area contributed by atoms with E-state index >= 15 is 0 Å². The van der Waals surface area contributed by atoms with Crippen LogP contribution in [0.3, 0.4) is 0 Å². The SMILES string of the molecule is CC(CO)CN1CC(C(N)=O)CCC1C. The van der Waals surface area contributed by atoms with E-state index in [0.717, 1.165) is 25.9 Å². The summed E-state index contributed by atoms with van der Waals surface area (Å²) >= 11 is 0. The van der Waals surface area contributed by atoms with Crippen molar-refractivity contribution in [3.63, 3.8) is 0 Å². The number of aliphatic hydroxyl groups excluding tert-OH is 1. The van der Waals surface area contributed by atoms with Crippen LogP contribution >= 0.6 is 0 Å². The molecule has 0 aromatic carbocycles. The van der Waals surface area contributed by atoms with Crippen molar-refractivity contribution in [3.8, 4) is 0 Å². The van der Waals surface area contributed by atoms with Crippen molar-refractivity contribution in [1.29, 1.82) is 0 Å². The van der Waals surface area contributed by atoms with Gasteiger partial charge in [-0.3, -0.25) is 9.69 Å². The van der Waals surface area contributed by atoms with Gasteiger partial charge in [-0.2, -0.15) is 0 Å². The van der Waals surface area contributed by atoms with E-state index in [2.05, 4.69) is 11.8 Å². The molecular weight excluding hydrogens is 192 g/mol. The number of likely N-dealkylation sites (tertiary alicyclic amines) is 1. The fraction of sp³-hybridized carbons (Fsp3) is 0.909. The average molecular weight is 214 g/mol. The largest absolute Gasteiger partial charge is 0.396 e. The normalized spacial score (nSPS) is 30.1. The second-order valence-corrected chi connectivity index (χ2v) is 4.77. The fourth-order valence-electron chi connectivity index (χ4n) is 2.12. The molecule has 0 radical (unpaired) electrons. The first-order valence-electron chi connectivity index (χ1n) is 5.68. The van der Waals surface area contributed by atoms with E-state index in [-0.39, 0.29) is 24.3 Å². The highest BCUT2D eigenvalue weighted by Crippen LogP contribution is 2.22. The zero-order chi connectivity index (χ0) is 11.4. The van der Waals surface area contributed by atoms with Gasteiger partial charge in [0, 0.05) is 25.7 Å². The monoisotopic (exact) mass is 214 g/mol. The van der Waals surface area contributed by atoms with Crippen LogP contribution in [0.2, 0.25) is 0 Å². The summed E-state index contributed by atoms with van der Waals surface area (Å²) in [5.41, 5.74) is 5.32. The highest BCUT2D eigenvalue weighted by atomic mass is 16.3. The molecule has 1 aliphatic rings. The van der Waals surface area contributed by atoms with E-state index in [1.54, 1.807) is 0 Å². The van der Waals surface area contributed by atoms with Crippen LogP contribution in [0, 0.1) is 11.8 Å². The quantitative estimate of drug-likeness (QED) is 0.702. The molecule has 1 heterocycles. The summed E-state index contributed by atoms with van der Waals surface area (Å²) in [6, 6.07) is 0.495. The third kappa shape index (κ3) is 3.47. The molecule has 0 aromatic rings. The number of hydrogen-bond donors (Lipinski definition) is 2. The minimum absolute atomic E-state index is 0.00732. The molecule has 0 saturated carbocycles. The van der Waals surface area contributed by atoms with Gasteiger partial charge in [0.15, 0.2) is 0 Å². The maximum absolute atomic E-state index is 11.1. The highest BCUT2D eigenvalue weighted by molar-refractivity contribution is 5.76. The molecule has 0 aromatic heterocycles. The number of carbonyl (C=O) groups is 1. The third-order valence-corrected chi connectivity index (χ3v) is 3.27. The lowest BCUT2D eigenvalue weighted by Crippen LogP contribution is -2.47. The van der Waals surface area contributed by atoms with Crippen LogP contribution < -0.4 is 5.73 Å². The lowest BCUT2D eigenvalue weighted by molar-refractivity contribution is -0.124. The summed E-state index contributed by atoms with van der Waals surface area (Å²) in [6.07, 6.45) is 1.92. The smallest absolute Gasteiger partial charge is 0.221 e. The van der Waals surface area contributed by atoms with Gasteiger partial charge < -0.3 is 10.8 Å². The van der Waals surface area contributed by atoms with E-state index < -0.39 is 0 Å². The van der Waals surface area contributed by atoms with E-state index in [1.165, 1.54) is 0 Å². The van der Waals surface area contributed by atoms with Gasteiger partial charge in [-0.1, -0.05) is 6.92 Å². The summed E-state index contributed by atoms with van der Waals surface area (Å²) in [5, 5.41) is 9.01.